The monoisotopic (exact) mass is 274 g/mol. The third-order valence-corrected chi connectivity index (χ3v) is 3.19. The summed E-state index contributed by atoms with van der Waals surface area (Å²) < 4.78 is 36.8. The highest BCUT2D eigenvalue weighted by Gasteiger charge is 2.32. The molecule has 19 heavy (non-hydrogen) atoms. The Morgan fingerprint density at radius 3 is 2.37 bits per heavy atom. The molecule has 4 nitrogen and oxygen atoms in total. The number of nitrogens with two attached hydrogens (primary N) is 1. The number of rotatable bonds is 3. The molecule has 0 saturated carbocycles. The van der Waals surface area contributed by atoms with E-state index in [2.05, 4.69) is 9.88 Å². The van der Waals surface area contributed by atoms with Crippen LogP contribution in [0.4, 0.5) is 19.0 Å². The SMILES string of the molecule is Nc1ncccc1CN1CCN(CC(F)(F)F)CC1. The van der Waals surface area contributed by atoms with Crippen molar-refractivity contribution in [3.63, 3.8) is 0 Å². The van der Waals surface area contributed by atoms with Gasteiger partial charge in [0.25, 0.3) is 0 Å². The highest BCUT2D eigenvalue weighted by Crippen LogP contribution is 2.18. The molecule has 1 aromatic rings. The standard InChI is InChI=1S/C12H17F3N4/c13-12(14,15)9-19-6-4-18(5-7-19)8-10-2-1-3-17-11(10)16/h1-3H,4-9H2,(H2,16,17). The third-order valence-electron chi connectivity index (χ3n) is 3.19. The van der Waals surface area contributed by atoms with Crippen LogP contribution in [0.15, 0.2) is 18.3 Å². The number of nitrogens with zero attached hydrogens (tertiary/aromatic N) is 3. The maximum Gasteiger partial charge on any atom is 0.401 e. The summed E-state index contributed by atoms with van der Waals surface area (Å²) in [5.41, 5.74) is 6.67. The molecular formula is C12H17F3N4. The molecule has 0 amide bonds. The zero-order valence-corrected chi connectivity index (χ0v) is 10.5. The first-order valence-corrected chi connectivity index (χ1v) is 6.15. The molecule has 106 valence electrons. The van der Waals surface area contributed by atoms with Gasteiger partial charge in [-0.05, 0) is 6.07 Å². The summed E-state index contributed by atoms with van der Waals surface area (Å²) in [6.07, 6.45) is -2.49. The van der Waals surface area contributed by atoms with Gasteiger partial charge in [0.1, 0.15) is 5.82 Å². The van der Waals surface area contributed by atoms with Crippen molar-refractivity contribution in [2.75, 3.05) is 38.5 Å². The highest BCUT2D eigenvalue weighted by molar-refractivity contribution is 5.38. The van der Waals surface area contributed by atoms with Gasteiger partial charge in [0.2, 0.25) is 0 Å². The third kappa shape index (κ3) is 4.36. The van der Waals surface area contributed by atoms with E-state index in [0.717, 1.165) is 5.56 Å². The van der Waals surface area contributed by atoms with E-state index in [9.17, 15) is 13.2 Å². The summed E-state index contributed by atoms with van der Waals surface area (Å²) in [5, 5.41) is 0. The Hall–Kier alpha value is -1.34. The van der Waals surface area contributed by atoms with E-state index >= 15 is 0 Å². The molecule has 0 bridgehead atoms. The number of pyridine rings is 1. The Bertz CT molecular complexity index is 414. The van der Waals surface area contributed by atoms with Crippen LogP contribution in [0.2, 0.25) is 0 Å². The molecule has 0 aromatic carbocycles. The lowest BCUT2D eigenvalue weighted by atomic mass is 10.2. The molecule has 1 aliphatic rings. The van der Waals surface area contributed by atoms with Gasteiger partial charge in [-0.25, -0.2) is 4.98 Å². The van der Waals surface area contributed by atoms with E-state index in [1.807, 2.05) is 12.1 Å². The number of hydrogen-bond acceptors (Lipinski definition) is 4. The van der Waals surface area contributed by atoms with E-state index in [1.165, 1.54) is 4.90 Å². The Balaban J connectivity index is 1.82. The molecule has 7 heteroatoms. The van der Waals surface area contributed by atoms with E-state index < -0.39 is 12.7 Å². The topological polar surface area (TPSA) is 45.4 Å². The van der Waals surface area contributed by atoms with Gasteiger partial charge in [-0.3, -0.25) is 9.80 Å². The predicted octanol–water partition coefficient (Wildman–Crippen LogP) is 1.34. The fraction of sp³-hybridized carbons (Fsp3) is 0.583. The van der Waals surface area contributed by atoms with Crippen molar-refractivity contribution in [2.24, 2.45) is 0 Å². The quantitative estimate of drug-likeness (QED) is 0.903. The smallest absolute Gasteiger partial charge is 0.383 e. The Morgan fingerprint density at radius 2 is 1.79 bits per heavy atom. The van der Waals surface area contributed by atoms with Crippen molar-refractivity contribution < 1.29 is 13.2 Å². The minimum Gasteiger partial charge on any atom is -0.383 e. The van der Waals surface area contributed by atoms with E-state index in [4.69, 9.17) is 5.73 Å². The van der Waals surface area contributed by atoms with Crippen molar-refractivity contribution in [1.29, 1.82) is 0 Å². The van der Waals surface area contributed by atoms with Gasteiger partial charge in [-0.15, -0.1) is 0 Å². The maximum absolute atomic E-state index is 12.3. The molecule has 1 saturated heterocycles. The number of alkyl halides is 3. The van der Waals surface area contributed by atoms with Gasteiger partial charge in [-0.2, -0.15) is 13.2 Å². The number of piperazine rings is 1. The summed E-state index contributed by atoms with van der Waals surface area (Å²) in [4.78, 5) is 7.53. The van der Waals surface area contributed by atoms with Crippen LogP contribution in [0, 0.1) is 0 Å². The average Bonchev–Trinajstić information content (AvgIpc) is 2.33. The molecule has 0 aliphatic carbocycles. The van der Waals surface area contributed by atoms with Gasteiger partial charge in [0.15, 0.2) is 0 Å². The molecule has 2 N–H and O–H groups in total. The van der Waals surface area contributed by atoms with E-state index in [0.29, 0.717) is 38.5 Å². The molecule has 1 aromatic heterocycles. The Kier molecular flexibility index (Phi) is 4.26. The van der Waals surface area contributed by atoms with Crippen LogP contribution in [0.25, 0.3) is 0 Å². The minimum atomic E-state index is -4.12. The van der Waals surface area contributed by atoms with Crippen LogP contribution in [0.5, 0.6) is 0 Å². The molecule has 0 unspecified atom stereocenters. The summed E-state index contributed by atoms with van der Waals surface area (Å²) >= 11 is 0. The van der Waals surface area contributed by atoms with Crippen LogP contribution < -0.4 is 5.73 Å². The summed E-state index contributed by atoms with van der Waals surface area (Å²) in [7, 11) is 0. The van der Waals surface area contributed by atoms with Gasteiger partial charge < -0.3 is 5.73 Å². The molecule has 1 fully saturated rings. The van der Waals surface area contributed by atoms with Gasteiger partial charge >= 0.3 is 6.18 Å². The van der Waals surface area contributed by atoms with Crippen LogP contribution in [-0.4, -0.2) is 53.7 Å². The zero-order valence-electron chi connectivity index (χ0n) is 10.5. The van der Waals surface area contributed by atoms with Crippen LogP contribution in [0.1, 0.15) is 5.56 Å². The second-order valence-corrected chi connectivity index (χ2v) is 4.72. The first kappa shape index (κ1) is 14.1. The Morgan fingerprint density at radius 1 is 1.16 bits per heavy atom. The fourth-order valence-electron chi connectivity index (χ4n) is 2.18. The highest BCUT2D eigenvalue weighted by atomic mass is 19.4. The van der Waals surface area contributed by atoms with Crippen LogP contribution in [0.3, 0.4) is 0 Å². The first-order chi connectivity index (χ1) is 8.94. The molecule has 0 spiro atoms. The zero-order chi connectivity index (χ0) is 13.9. The van der Waals surface area contributed by atoms with Gasteiger partial charge in [-0.1, -0.05) is 6.07 Å². The average molecular weight is 274 g/mol. The minimum absolute atomic E-state index is 0.430. The lowest BCUT2D eigenvalue weighted by molar-refractivity contribution is -0.149. The van der Waals surface area contributed by atoms with Crippen molar-refractivity contribution in [1.82, 2.24) is 14.8 Å². The van der Waals surface area contributed by atoms with Crippen molar-refractivity contribution >= 4 is 5.82 Å². The number of nitrogen functional groups attached to an aromatic ring is 1. The maximum atomic E-state index is 12.3. The molecule has 0 radical (unpaired) electrons. The summed E-state index contributed by atoms with van der Waals surface area (Å²) in [5.74, 6) is 0.486. The lowest BCUT2D eigenvalue weighted by Gasteiger charge is -2.35. The Labute approximate surface area is 110 Å². The molecule has 1 aliphatic heterocycles. The molecule has 2 rings (SSSR count). The second kappa shape index (κ2) is 5.75. The summed E-state index contributed by atoms with van der Waals surface area (Å²) in [6.45, 7) is 1.91. The fourth-order valence-corrected chi connectivity index (χ4v) is 2.18. The lowest BCUT2D eigenvalue weighted by Crippen LogP contribution is -2.48. The summed E-state index contributed by atoms with van der Waals surface area (Å²) in [6, 6.07) is 3.70. The van der Waals surface area contributed by atoms with Crippen molar-refractivity contribution in [2.45, 2.75) is 12.7 Å². The second-order valence-electron chi connectivity index (χ2n) is 4.72. The largest absolute Gasteiger partial charge is 0.401 e. The van der Waals surface area contributed by atoms with Gasteiger partial charge in [0.05, 0.1) is 6.54 Å². The molecule has 2 heterocycles. The van der Waals surface area contributed by atoms with Crippen molar-refractivity contribution in [3.05, 3.63) is 23.9 Å². The van der Waals surface area contributed by atoms with Crippen LogP contribution >= 0.6 is 0 Å². The number of halogens is 3. The molecular weight excluding hydrogens is 257 g/mol. The predicted molar refractivity (Wildman–Crippen MR) is 66.4 cm³/mol. The van der Waals surface area contributed by atoms with Crippen molar-refractivity contribution in [3.8, 4) is 0 Å². The number of hydrogen-bond donors (Lipinski definition) is 1. The number of aromatic nitrogens is 1. The first-order valence-electron chi connectivity index (χ1n) is 6.15. The van der Waals surface area contributed by atoms with E-state index in [-0.39, 0.29) is 0 Å². The van der Waals surface area contributed by atoms with Gasteiger partial charge in [0, 0.05) is 44.5 Å². The number of anilines is 1. The normalized spacial score (nSPS) is 18.7. The molecule has 0 atom stereocenters. The van der Waals surface area contributed by atoms with Crippen LogP contribution in [-0.2, 0) is 6.54 Å². The van der Waals surface area contributed by atoms with E-state index in [1.54, 1.807) is 6.20 Å².